The van der Waals surface area contributed by atoms with Crippen LogP contribution in [-0.4, -0.2) is 42.3 Å². The van der Waals surface area contributed by atoms with Gasteiger partial charge in [0.1, 0.15) is 0 Å². The van der Waals surface area contributed by atoms with Gasteiger partial charge in [-0.15, -0.1) is 0 Å². The summed E-state index contributed by atoms with van der Waals surface area (Å²) in [5, 5.41) is 2.53. The van der Waals surface area contributed by atoms with Crippen molar-refractivity contribution >= 4 is 11.6 Å². The number of anilines is 1. The van der Waals surface area contributed by atoms with Gasteiger partial charge in [-0.05, 0) is 41.0 Å². The van der Waals surface area contributed by atoms with Crippen molar-refractivity contribution in [3.05, 3.63) is 75.8 Å². The molecule has 7 nitrogen and oxygen atoms in total. The first-order valence-electron chi connectivity index (χ1n) is 9.35. The molecule has 4 rings (SSSR count). The quantitative estimate of drug-likeness (QED) is 0.705. The molecule has 1 saturated heterocycles. The Bertz CT molecular complexity index is 1050. The molecule has 1 amide bonds. The van der Waals surface area contributed by atoms with Crippen LogP contribution in [0.25, 0.3) is 5.69 Å². The Morgan fingerprint density at radius 3 is 2.46 bits per heavy atom. The fourth-order valence-corrected chi connectivity index (χ4v) is 3.57. The number of piperazine rings is 1. The van der Waals surface area contributed by atoms with Crippen molar-refractivity contribution in [1.29, 1.82) is 0 Å². The number of aryl methyl sites for hydroxylation is 2. The van der Waals surface area contributed by atoms with Crippen molar-refractivity contribution in [2.75, 3.05) is 31.1 Å². The lowest BCUT2D eigenvalue weighted by Crippen LogP contribution is -2.53. The fraction of sp³-hybridized carbons (Fsp3) is 0.286. The average molecular weight is 379 g/mol. The molecule has 7 heteroatoms. The van der Waals surface area contributed by atoms with Gasteiger partial charge in [-0.25, -0.2) is 4.79 Å². The first-order chi connectivity index (χ1) is 13.5. The lowest BCUT2D eigenvalue weighted by molar-refractivity contribution is -0.672. The van der Waals surface area contributed by atoms with Crippen LogP contribution in [0, 0.1) is 13.8 Å². The van der Waals surface area contributed by atoms with Crippen LogP contribution < -0.4 is 15.2 Å². The van der Waals surface area contributed by atoms with Crippen LogP contribution >= 0.6 is 0 Å². The highest BCUT2D eigenvalue weighted by Gasteiger charge is 2.35. The third kappa shape index (κ3) is 3.31. The molecule has 0 bridgehead atoms. The number of benzene rings is 2. The molecule has 2 heterocycles. The van der Waals surface area contributed by atoms with Crippen LogP contribution in [0.5, 0.6) is 0 Å². The van der Waals surface area contributed by atoms with Crippen molar-refractivity contribution in [2.24, 2.45) is 0 Å². The monoisotopic (exact) mass is 379 g/mol. The van der Waals surface area contributed by atoms with Gasteiger partial charge >= 0.3 is 17.2 Å². The second-order valence-electron chi connectivity index (χ2n) is 7.07. The molecule has 0 saturated carbocycles. The zero-order valence-corrected chi connectivity index (χ0v) is 16.0. The number of carbonyl (C=O) groups is 1. The zero-order chi connectivity index (χ0) is 19.7. The number of aromatic amines is 1. The molecule has 0 spiro atoms. The Morgan fingerprint density at radius 1 is 1.04 bits per heavy atom. The van der Waals surface area contributed by atoms with Crippen LogP contribution in [0.3, 0.4) is 0 Å². The number of para-hydroxylation sites is 1. The predicted molar refractivity (Wildman–Crippen MR) is 105 cm³/mol. The van der Waals surface area contributed by atoms with Crippen LogP contribution in [0.15, 0.2) is 57.8 Å². The van der Waals surface area contributed by atoms with E-state index in [1.165, 1.54) is 21.5 Å². The Labute approximate surface area is 162 Å². The highest BCUT2D eigenvalue weighted by atomic mass is 16.5. The molecule has 0 atom stereocenters. The topological polar surface area (TPSA) is 73.4 Å². The summed E-state index contributed by atoms with van der Waals surface area (Å²) in [5.74, 6) is -0.320. The molecular weight excluding hydrogens is 356 g/mol. The van der Waals surface area contributed by atoms with Crippen LogP contribution in [-0.2, 0) is 0 Å². The van der Waals surface area contributed by atoms with E-state index in [-0.39, 0.29) is 11.6 Å². The first-order valence-corrected chi connectivity index (χ1v) is 9.35. The van der Waals surface area contributed by atoms with Crippen molar-refractivity contribution in [3.63, 3.8) is 0 Å². The van der Waals surface area contributed by atoms with E-state index >= 15 is 0 Å². The lowest BCUT2D eigenvalue weighted by atomic mass is 10.1. The number of hydrogen-bond acceptors (Lipinski definition) is 4. The Kier molecular flexibility index (Phi) is 4.73. The Morgan fingerprint density at radius 2 is 1.75 bits per heavy atom. The number of H-pyrrole nitrogens is 1. The molecule has 2 aromatic carbocycles. The first kappa shape index (κ1) is 18.0. The van der Waals surface area contributed by atoms with Gasteiger partial charge in [0.2, 0.25) is 5.69 Å². The summed E-state index contributed by atoms with van der Waals surface area (Å²) in [5.41, 5.74) is 3.64. The lowest BCUT2D eigenvalue weighted by Gasteiger charge is -2.36. The average Bonchev–Trinajstić information content (AvgIpc) is 3.11. The second kappa shape index (κ2) is 7.34. The van der Waals surface area contributed by atoms with E-state index in [1.807, 2.05) is 18.2 Å². The number of hydrogen-bond donors (Lipinski definition) is 1. The minimum Gasteiger partial charge on any atom is -0.368 e. The molecule has 1 aliphatic rings. The molecule has 144 valence electrons. The summed E-state index contributed by atoms with van der Waals surface area (Å²) >= 11 is 0. The van der Waals surface area contributed by atoms with Gasteiger partial charge in [0.15, 0.2) is 0 Å². The van der Waals surface area contributed by atoms with Crippen LogP contribution in [0.2, 0.25) is 0 Å². The van der Waals surface area contributed by atoms with Crippen molar-refractivity contribution in [1.82, 2.24) is 10.2 Å². The van der Waals surface area contributed by atoms with Crippen molar-refractivity contribution in [3.8, 4) is 5.69 Å². The standard InChI is InChI=1S/C21H22N4O3/c1-15-8-9-16(2)18(14-15)23-10-12-24(13-11-23)20(26)19-21(27)28-22-25(19)17-6-4-3-5-7-17/h3-9,14H,10-13H2,1-2H3/p+1. The van der Waals surface area contributed by atoms with Crippen LogP contribution in [0.1, 0.15) is 21.6 Å². The molecule has 0 aliphatic carbocycles. The largest absolute Gasteiger partial charge is 0.441 e. The third-order valence-electron chi connectivity index (χ3n) is 5.14. The van der Waals surface area contributed by atoms with Gasteiger partial charge in [-0.1, -0.05) is 30.3 Å². The zero-order valence-electron chi connectivity index (χ0n) is 16.0. The number of carbonyl (C=O) groups excluding carboxylic acids is 1. The smallest absolute Gasteiger partial charge is 0.368 e. The molecule has 1 N–H and O–H groups in total. The van der Waals surface area contributed by atoms with E-state index in [4.69, 9.17) is 4.52 Å². The minimum absolute atomic E-state index is 0.00798. The van der Waals surface area contributed by atoms with E-state index in [0.29, 0.717) is 18.8 Å². The summed E-state index contributed by atoms with van der Waals surface area (Å²) in [4.78, 5) is 29.2. The maximum Gasteiger partial charge on any atom is 0.441 e. The van der Waals surface area contributed by atoms with Crippen LogP contribution in [0.4, 0.5) is 5.69 Å². The number of rotatable bonds is 3. The minimum atomic E-state index is -0.661. The van der Waals surface area contributed by atoms with Gasteiger partial charge < -0.3 is 9.80 Å². The Hall–Kier alpha value is -3.35. The number of amides is 1. The third-order valence-corrected chi connectivity index (χ3v) is 5.14. The highest BCUT2D eigenvalue weighted by Crippen LogP contribution is 2.23. The molecule has 1 fully saturated rings. The van der Waals surface area contributed by atoms with E-state index in [1.54, 1.807) is 17.0 Å². The van der Waals surface area contributed by atoms with Gasteiger partial charge in [0, 0.05) is 44.0 Å². The normalized spacial score (nSPS) is 14.4. The van der Waals surface area contributed by atoms with Gasteiger partial charge in [0.25, 0.3) is 0 Å². The summed E-state index contributed by atoms with van der Waals surface area (Å²) < 4.78 is 6.31. The van der Waals surface area contributed by atoms with E-state index in [0.717, 1.165) is 13.1 Å². The van der Waals surface area contributed by atoms with Crippen molar-refractivity contribution in [2.45, 2.75) is 13.8 Å². The van der Waals surface area contributed by atoms with Gasteiger partial charge in [-0.3, -0.25) is 9.32 Å². The SMILES string of the molecule is Cc1ccc(C)c(N2CCN(C(=O)c3c(=O)o[nH][n+]3-c3ccccc3)CC2)c1. The summed E-state index contributed by atoms with van der Waals surface area (Å²) in [6.07, 6.45) is 0. The number of nitrogens with one attached hydrogen (secondary N) is 1. The maximum absolute atomic E-state index is 13.0. The van der Waals surface area contributed by atoms with Gasteiger partial charge in [0.05, 0.1) is 0 Å². The second-order valence-corrected chi connectivity index (χ2v) is 7.07. The maximum atomic E-state index is 13.0. The molecule has 0 radical (unpaired) electrons. The number of aromatic nitrogens is 2. The Balaban J connectivity index is 1.53. The van der Waals surface area contributed by atoms with E-state index in [9.17, 15) is 9.59 Å². The summed E-state index contributed by atoms with van der Waals surface area (Å²) in [6, 6.07) is 15.6. The highest BCUT2D eigenvalue weighted by molar-refractivity contribution is 5.90. The molecule has 28 heavy (non-hydrogen) atoms. The van der Waals surface area contributed by atoms with Crippen molar-refractivity contribution < 1.29 is 14.0 Å². The summed E-state index contributed by atoms with van der Waals surface area (Å²) in [7, 11) is 0. The molecule has 0 unspecified atom stereocenters. The molecule has 1 aliphatic heterocycles. The summed E-state index contributed by atoms with van der Waals surface area (Å²) in [6.45, 7) is 6.71. The fourth-order valence-electron chi connectivity index (χ4n) is 3.57. The predicted octanol–water partition coefficient (Wildman–Crippen LogP) is 1.82. The molecular formula is C21H23N4O3+. The van der Waals surface area contributed by atoms with Gasteiger partial charge in [-0.2, -0.15) is 0 Å². The van der Waals surface area contributed by atoms with E-state index < -0.39 is 5.63 Å². The van der Waals surface area contributed by atoms with E-state index in [2.05, 4.69) is 42.2 Å². The molecule has 3 aromatic rings. The number of nitrogens with zero attached hydrogens (tertiary/aromatic N) is 3. The molecule has 1 aromatic heterocycles.